The lowest BCUT2D eigenvalue weighted by atomic mass is 10.0. The van der Waals surface area contributed by atoms with E-state index in [0.29, 0.717) is 29.1 Å². The lowest BCUT2D eigenvalue weighted by molar-refractivity contribution is 0.103. The molecule has 1 N–H and O–H groups in total. The highest BCUT2D eigenvalue weighted by Crippen LogP contribution is 2.24. The normalized spacial score (nSPS) is 11.1. The Morgan fingerprint density at radius 2 is 1.80 bits per heavy atom. The second-order valence-electron chi connectivity index (χ2n) is 6.94. The highest BCUT2D eigenvalue weighted by Gasteiger charge is 2.16. The highest BCUT2D eigenvalue weighted by atomic mass is 16.1. The van der Waals surface area contributed by atoms with Crippen molar-refractivity contribution >= 4 is 28.3 Å². The maximum absolute atomic E-state index is 12.9. The summed E-state index contributed by atoms with van der Waals surface area (Å²) >= 11 is 0. The molecule has 2 aromatic carbocycles. The number of benzene rings is 2. The quantitative estimate of drug-likeness (QED) is 0.456. The summed E-state index contributed by atoms with van der Waals surface area (Å²) in [5.41, 5.74) is 4.29. The van der Waals surface area contributed by atoms with Crippen molar-refractivity contribution in [2.24, 2.45) is 0 Å². The number of nitrogens with zero attached hydrogens (tertiary/aromatic N) is 5. The van der Waals surface area contributed by atoms with Crippen molar-refractivity contribution in [1.82, 2.24) is 24.6 Å². The first-order valence-corrected chi connectivity index (χ1v) is 9.60. The number of aryl methyl sites for hydroxylation is 1. The van der Waals surface area contributed by atoms with E-state index in [4.69, 9.17) is 4.98 Å². The van der Waals surface area contributed by atoms with Crippen molar-refractivity contribution in [1.29, 1.82) is 0 Å². The Morgan fingerprint density at radius 1 is 0.967 bits per heavy atom. The van der Waals surface area contributed by atoms with Crippen LogP contribution in [0, 0.1) is 6.92 Å². The van der Waals surface area contributed by atoms with Crippen molar-refractivity contribution in [3.8, 4) is 0 Å². The van der Waals surface area contributed by atoms with E-state index in [-0.39, 0.29) is 5.78 Å². The molecule has 5 aromatic rings. The first-order valence-electron chi connectivity index (χ1n) is 9.60. The van der Waals surface area contributed by atoms with E-state index in [1.54, 1.807) is 12.3 Å². The molecule has 3 aromatic heterocycles. The molecule has 3 heterocycles. The Kier molecular flexibility index (Phi) is 4.40. The first kappa shape index (κ1) is 17.9. The van der Waals surface area contributed by atoms with Crippen LogP contribution in [0.3, 0.4) is 0 Å². The number of carbonyl (C=O) groups excluding carboxylic acids is 1. The standard InChI is InChI=1S/C23H18N6O/c1-15-27-28-23-22(25-14-18-9-5-6-12-24-18)26-19-11-10-17(13-20(19)29(15)23)21(30)16-7-3-2-4-8-16/h2-13H,14H2,1H3,(H,25,26). The summed E-state index contributed by atoms with van der Waals surface area (Å²) in [6, 6.07) is 20.5. The maximum atomic E-state index is 12.9. The van der Waals surface area contributed by atoms with Crippen molar-refractivity contribution in [2.45, 2.75) is 13.5 Å². The fourth-order valence-electron chi connectivity index (χ4n) is 3.46. The zero-order valence-electron chi connectivity index (χ0n) is 16.3. The molecule has 0 aliphatic carbocycles. The summed E-state index contributed by atoms with van der Waals surface area (Å²) in [6.07, 6.45) is 1.76. The van der Waals surface area contributed by atoms with Gasteiger partial charge in [0.2, 0.25) is 5.65 Å². The summed E-state index contributed by atoms with van der Waals surface area (Å²) in [4.78, 5) is 22.0. The van der Waals surface area contributed by atoms with Crippen LogP contribution < -0.4 is 5.32 Å². The minimum absolute atomic E-state index is 0.0336. The fourth-order valence-corrected chi connectivity index (χ4v) is 3.46. The number of aromatic nitrogens is 5. The first-order chi connectivity index (χ1) is 14.7. The fraction of sp³-hybridized carbons (Fsp3) is 0.0870. The molecule has 0 saturated carbocycles. The zero-order valence-corrected chi connectivity index (χ0v) is 16.3. The van der Waals surface area contributed by atoms with Gasteiger partial charge < -0.3 is 5.32 Å². The lowest BCUT2D eigenvalue weighted by Crippen LogP contribution is -2.07. The van der Waals surface area contributed by atoms with E-state index in [1.165, 1.54) is 0 Å². The second kappa shape index (κ2) is 7.36. The van der Waals surface area contributed by atoms with Crippen molar-refractivity contribution in [2.75, 3.05) is 5.32 Å². The Hall–Kier alpha value is -4.13. The number of ketones is 1. The third kappa shape index (κ3) is 3.16. The third-order valence-electron chi connectivity index (χ3n) is 4.95. The van der Waals surface area contributed by atoms with E-state index < -0.39 is 0 Å². The third-order valence-corrected chi connectivity index (χ3v) is 4.95. The number of nitrogens with one attached hydrogen (secondary N) is 1. The molecule has 0 saturated heterocycles. The number of pyridine rings is 1. The van der Waals surface area contributed by atoms with Gasteiger partial charge in [-0.15, -0.1) is 10.2 Å². The van der Waals surface area contributed by atoms with Crippen LogP contribution in [0.5, 0.6) is 0 Å². The molecule has 0 aliphatic heterocycles. The van der Waals surface area contributed by atoms with Crippen LogP contribution in [-0.4, -0.2) is 30.3 Å². The molecule has 5 rings (SSSR count). The SMILES string of the molecule is Cc1nnc2c(NCc3ccccn3)nc3ccc(C(=O)c4ccccc4)cc3n12. The largest absolute Gasteiger partial charge is 0.361 e. The second-order valence-corrected chi connectivity index (χ2v) is 6.94. The van der Waals surface area contributed by atoms with Crippen molar-refractivity contribution in [3.05, 3.63) is 95.6 Å². The average Bonchev–Trinajstić information content (AvgIpc) is 3.20. The van der Waals surface area contributed by atoms with Gasteiger partial charge >= 0.3 is 0 Å². The molecule has 0 bridgehead atoms. The molecular weight excluding hydrogens is 376 g/mol. The molecule has 7 nitrogen and oxygen atoms in total. The van der Waals surface area contributed by atoms with Gasteiger partial charge in [0.25, 0.3) is 0 Å². The van der Waals surface area contributed by atoms with Crippen LogP contribution in [0.25, 0.3) is 16.7 Å². The van der Waals surface area contributed by atoms with E-state index in [9.17, 15) is 4.79 Å². The van der Waals surface area contributed by atoms with Gasteiger partial charge in [0, 0.05) is 17.3 Å². The molecule has 0 aliphatic rings. The highest BCUT2D eigenvalue weighted by molar-refractivity contribution is 6.10. The summed E-state index contributed by atoms with van der Waals surface area (Å²) in [5.74, 6) is 1.31. The van der Waals surface area contributed by atoms with Gasteiger partial charge in [0.15, 0.2) is 11.6 Å². The molecule has 0 unspecified atom stereocenters. The van der Waals surface area contributed by atoms with Crippen LogP contribution in [0.1, 0.15) is 27.4 Å². The van der Waals surface area contributed by atoms with E-state index in [1.807, 2.05) is 72.0 Å². The number of hydrogen-bond donors (Lipinski definition) is 1. The van der Waals surface area contributed by atoms with E-state index >= 15 is 0 Å². The van der Waals surface area contributed by atoms with Gasteiger partial charge in [-0.2, -0.15) is 0 Å². The van der Waals surface area contributed by atoms with Gasteiger partial charge in [-0.1, -0.05) is 36.4 Å². The Morgan fingerprint density at radius 3 is 2.60 bits per heavy atom. The van der Waals surface area contributed by atoms with Crippen molar-refractivity contribution in [3.63, 3.8) is 0 Å². The zero-order chi connectivity index (χ0) is 20.5. The number of rotatable bonds is 5. The number of fused-ring (bicyclic) bond motifs is 3. The Labute approximate surface area is 172 Å². The molecule has 0 spiro atoms. The van der Waals surface area contributed by atoms with Gasteiger partial charge in [-0.3, -0.25) is 14.2 Å². The molecule has 146 valence electrons. The van der Waals surface area contributed by atoms with Crippen LogP contribution >= 0.6 is 0 Å². The van der Waals surface area contributed by atoms with E-state index in [2.05, 4.69) is 20.5 Å². The van der Waals surface area contributed by atoms with Gasteiger partial charge in [0.1, 0.15) is 5.82 Å². The topological polar surface area (TPSA) is 85.1 Å². The maximum Gasteiger partial charge on any atom is 0.204 e. The van der Waals surface area contributed by atoms with Gasteiger partial charge in [0.05, 0.1) is 23.3 Å². The molecule has 30 heavy (non-hydrogen) atoms. The van der Waals surface area contributed by atoms with Crippen LogP contribution in [0.2, 0.25) is 0 Å². The van der Waals surface area contributed by atoms with Gasteiger partial charge in [-0.25, -0.2) is 4.98 Å². The lowest BCUT2D eigenvalue weighted by Gasteiger charge is -2.11. The van der Waals surface area contributed by atoms with Crippen molar-refractivity contribution < 1.29 is 4.79 Å². The molecule has 7 heteroatoms. The molecule has 0 atom stereocenters. The smallest absolute Gasteiger partial charge is 0.204 e. The van der Waals surface area contributed by atoms with Gasteiger partial charge in [-0.05, 0) is 37.3 Å². The minimum atomic E-state index is -0.0336. The Balaban J connectivity index is 1.59. The summed E-state index contributed by atoms with van der Waals surface area (Å²) in [6.45, 7) is 2.40. The Bertz CT molecular complexity index is 1360. The van der Waals surface area contributed by atoms with E-state index in [0.717, 1.165) is 22.6 Å². The molecule has 0 amide bonds. The average molecular weight is 394 g/mol. The van der Waals surface area contributed by atoms with Crippen LogP contribution in [-0.2, 0) is 6.54 Å². The minimum Gasteiger partial charge on any atom is -0.361 e. The number of anilines is 1. The molecule has 0 radical (unpaired) electrons. The molecular formula is C23H18N6O. The summed E-state index contributed by atoms with van der Waals surface area (Å²) in [7, 11) is 0. The van der Waals surface area contributed by atoms with Crippen LogP contribution in [0.4, 0.5) is 5.82 Å². The number of hydrogen-bond acceptors (Lipinski definition) is 6. The molecule has 0 fully saturated rings. The summed E-state index contributed by atoms with van der Waals surface area (Å²) < 4.78 is 1.92. The van der Waals surface area contributed by atoms with Crippen LogP contribution in [0.15, 0.2) is 72.9 Å². The number of carbonyl (C=O) groups is 1. The monoisotopic (exact) mass is 394 g/mol. The predicted octanol–water partition coefficient (Wildman–Crippen LogP) is 3.82. The summed E-state index contributed by atoms with van der Waals surface area (Å²) in [5, 5.41) is 11.8. The predicted molar refractivity (Wildman–Crippen MR) is 114 cm³/mol.